The number of carbonyl (C=O) groups is 1. The van der Waals surface area contributed by atoms with Crippen molar-refractivity contribution in [1.82, 2.24) is 4.90 Å². The van der Waals surface area contributed by atoms with Crippen LogP contribution in [0.3, 0.4) is 0 Å². The van der Waals surface area contributed by atoms with Crippen molar-refractivity contribution in [2.45, 2.75) is 51.6 Å². The molecule has 0 radical (unpaired) electrons. The van der Waals surface area contributed by atoms with Crippen LogP contribution >= 0.6 is 0 Å². The molecule has 5 heteroatoms. The number of amides is 2. The molecule has 1 aromatic rings. The SMILES string of the molecule is CC[C@@]1(CO)CCCN1C(=O)Nc1cccc(N(C)C(C)C)c1. The number of benzene rings is 1. The summed E-state index contributed by atoms with van der Waals surface area (Å²) in [5, 5.41) is 12.7. The zero-order chi connectivity index (χ0) is 17.0. The quantitative estimate of drug-likeness (QED) is 0.875. The molecule has 1 atom stereocenters. The predicted octanol–water partition coefficient (Wildman–Crippen LogP) is 3.30. The Hall–Kier alpha value is -1.75. The van der Waals surface area contributed by atoms with E-state index in [4.69, 9.17) is 0 Å². The van der Waals surface area contributed by atoms with Crippen LogP contribution in [0.4, 0.5) is 16.2 Å². The number of anilines is 2. The van der Waals surface area contributed by atoms with Crippen LogP contribution in [0.25, 0.3) is 0 Å². The molecule has 1 heterocycles. The predicted molar refractivity (Wildman–Crippen MR) is 95.0 cm³/mol. The third-order valence-electron chi connectivity index (χ3n) is 5.07. The van der Waals surface area contributed by atoms with Crippen LogP contribution in [0.5, 0.6) is 0 Å². The summed E-state index contributed by atoms with van der Waals surface area (Å²) in [4.78, 5) is 16.6. The molecule has 5 nitrogen and oxygen atoms in total. The topological polar surface area (TPSA) is 55.8 Å². The van der Waals surface area contributed by atoms with E-state index in [9.17, 15) is 9.90 Å². The third kappa shape index (κ3) is 3.61. The number of hydrogen-bond donors (Lipinski definition) is 2. The van der Waals surface area contributed by atoms with Crippen molar-refractivity contribution in [3.63, 3.8) is 0 Å². The lowest BCUT2D eigenvalue weighted by Crippen LogP contribution is -2.51. The molecule has 0 saturated carbocycles. The van der Waals surface area contributed by atoms with E-state index in [1.54, 1.807) is 4.90 Å². The first kappa shape index (κ1) is 17.6. The van der Waals surface area contributed by atoms with Crippen molar-refractivity contribution < 1.29 is 9.90 Å². The molecule has 1 aromatic carbocycles. The molecule has 2 rings (SSSR count). The molecule has 1 aliphatic rings. The second-order valence-corrected chi connectivity index (χ2v) is 6.68. The fourth-order valence-electron chi connectivity index (χ4n) is 3.19. The van der Waals surface area contributed by atoms with Crippen LogP contribution in [0.15, 0.2) is 24.3 Å². The fourth-order valence-corrected chi connectivity index (χ4v) is 3.19. The molecule has 0 spiro atoms. The molecular formula is C18H29N3O2. The first-order chi connectivity index (χ1) is 10.9. The number of urea groups is 1. The Kier molecular flexibility index (Phi) is 5.52. The van der Waals surface area contributed by atoms with E-state index >= 15 is 0 Å². The van der Waals surface area contributed by atoms with Gasteiger partial charge < -0.3 is 20.2 Å². The second-order valence-electron chi connectivity index (χ2n) is 6.68. The molecule has 1 aliphatic heterocycles. The Labute approximate surface area is 139 Å². The highest BCUT2D eigenvalue weighted by Gasteiger charge is 2.41. The molecule has 2 amide bonds. The molecule has 0 unspecified atom stereocenters. The van der Waals surface area contributed by atoms with E-state index in [1.807, 2.05) is 38.2 Å². The zero-order valence-electron chi connectivity index (χ0n) is 14.7. The highest BCUT2D eigenvalue weighted by Crippen LogP contribution is 2.32. The van der Waals surface area contributed by atoms with Crippen LogP contribution < -0.4 is 10.2 Å². The Bertz CT molecular complexity index is 541. The Morgan fingerprint density at radius 1 is 1.48 bits per heavy atom. The average molecular weight is 319 g/mol. The first-order valence-electron chi connectivity index (χ1n) is 8.46. The van der Waals surface area contributed by atoms with Gasteiger partial charge in [-0.15, -0.1) is 0 Å². The minimum Gasteiger partial charge on any atom is -0.394 e. The van der Waals surface area contributed by atoms with Crippen LogP contribution in [0.2, 0.25) is 0 Å². The van der Waals surface area contributed by atoms with Crippen molar-refractivity contribution in [3.05, 3.63) is 24.3 Å². The van der Waals surface area contributed by atoms with Gasteiger partial charge in [-0.1, -0.05) is 13.0 Å². The van der Waals surface area contributed by atoms with Gasteiger partial charge in [-0.3, -0.25) is 0 Å². The summed E-state index contributed by atoms with van der Waals surface area (Å²) in [6, 6.07) is 8.14. The van der Waals surface area contributed by atoms with Crippen molar-refractivity contribution in [1.29, 1.82) is 0 Å². The zero-order valence-corrected chi connectivity index (χ0v) is 14.7. The molecule has 0 bridgehead atoms. The van der Waals surface area contributed by atoms with Gasteiger partial charge in [0.2, 0.25) is 0 Å². The third-order valence-corrected chi connectivity index (χ3v) is 5.07. The van der Waals surface area contributed by atoms with E-state index in [2.05, 4.69) is 24.1 Å². The summed E-state index contributed by atoms with van der Waals surface area (Å²) in [6.45, 7) is 7.01. The van der Waals surface area contributed by atoms with Gasteiger partial charge in [0.05, 0.1) is 12.1 Å². The van der Waals surface area contributed by atoms with Gasteiger partial charge in [-0.25, -0.2) is 4.79 Å². The number of likely N-dealkylation sites (tertiary alicyclic amines) is 1. The Balaban J connectivity index is 2.13. The Morgan fingerprint density at radius 3 is 2.83 bits per heavy atom. The van der Waals surface area contributed by atoms with Gasteiger partial charge in [-0.2, -0.15) is 0 Å². The molecule has 2 N–H and O–H groups in total. The Morgan fingerprint density at radius 2 is 2.22 bits per heavy atom. The number of carbonyl (C=O) groups excluding carboxylic acids is 1. The van der Waals surface area contributed by atoms with E-state index < -0.39 is 5.54 Å². The number of hydrogen-bond acceptors (Lipinski definition) is 3. The van der Waals surface area contributed by atoms with Gasteiger partial charge in [0.25, 0.3) is 0 Å². The number of aliphatic hydroxyl groups excluding tert-OH is 1. The first-order valence-corrected chi connectivity index (χ1v) is 8.46. The lowest BCUT2D eigenvalue weighted by molar-refractivity contribution is 0.0867. The monoisotopic (exact) mass is 319 g/mol. The largest absolute Gasteiger partial charge is 0.394 e. The van der Waals surface area contributed by atoms with Crippen LogP contribution in [0.1, 0.15) is 40.0 Å². The van der Waals surface area contributed by atoms with Crippen LogP contribution in [-0.2, 0) is 0 Å². The highest BCUT2D eigenvalue weighted by molar-refractivity contribution is 5.90. The summed E-state index contributed by atoms with van der Waals surface area (Å²) in [5.41, 5.74) is 1.45. The smallest absolute Gasteiger partial charge is 0.322 e. The number of rotatable bonds is 5. The maximum absolute atomic E-state index is 12.7. The van der Waals surface area contributed by atoms with Crippen molar-refractivity contribution in [2.75, 3.05) is 30.4 Å². The standard InChI is InChI=1S/C18H29N3O2/c1-5-18(13-22)10-7-11-21(18)17(23)19-15-8-6-9-16(12-15)20(4)14(2)3/h6,8-9,12,14,22H,5,7,10-11,13H2,1-4H3,(H,19,23)/t18-/m0/s1. The van der Waals surface area contributed by atoms with E-state index in [-0.39, 0.29) is 12.6 Å². The molecule has 1 saturated heterocycles. The molecule has 23 heavy (non-hydrogen) atoms. The number of aliphatic hydroxyl groups is 1. The molecule has 0 aromatic heterocycles. The fraction of sp³-hybridized carbons (Fsp3) is 0.611. The minimum atomic E-state index is -0.406. The summed E-state index contributed by atoms with van der Waals surface area (Å²) >= 11 is 0. The average Bonchev–Trinajstić information content (AvgIpc) is 2.99. The summed E-state index contributed by atoms with van der Waals surface area (Å²) in [7, 11) is 2.04. The van der Waals surface area contributed by atoms with Gasteiger partial charge in [0, 0.05) is 31.0 Å². The molecule has 0 aliphatic carbocycles. The minimum absolute atomic E-state index is 0.0209. The highest BCUT2D eigenvalue weighted by atomic mass is 16.3. The normalized spacial score (nSPS) is 20.9. The summed E-state index contributed by atoms with van der Waals surface area (Å²) in [6.07, 6.45) is 2.58. The summed E-state index contributed by atoms with van der Waals surface area (Å²) in [5.74, 6) is 0. The van der Waals surface area contributed by atoms with Crippen LogP contribution in [0, 0.1) is 0 Å². The number of nitrogens with zero attached hydrogens (tertiary/aromatic N) is 2. The van der Waals surface area contributed by atoms with Gasteiger partial charge >= 0.3 is 6.03 Å². The van der Waals surface area contributed by atoms with E-state index in [0.29, 0.717) is 12.6 Å². The van der Waals surface area contributed by atoms with E-state index in [1.165, 1.54) is 0 Å². The molecular weight excluding hydrogens is 290 g/mol. The molecule has 1 fully saturated rings. The van der Waals surface area contributed by atoms with Gasteiger partial charge in [0.1, 0.15) is 0 Å². The maximum atomic E-state index is 12.7. The van der Waals surface area contributed by atoms with E-state index in [0.717, 1.165) is 30.6 Å². The molecule has 128 valence electrons. The second kappa shape index (κ2) is 7.21. The lowest BCUT2D eigenvalue weighted by atomic mass is 9.94. The summed E-state index contributed by atoms with van der Waals surface area (Å²) < 4.78 is 0. The lowest BCUT2D eigenvalue weighted by Gasteiger charge is -2.36. The van der Waals surface area contributed by atoms with Crippen molar-refractivity contribution in [2.24, 2.45) is 0 Å². The van der Waals surface area contributed by atoms with Crippen molar-refractivity contribution >= 4 is 17.4 Å². The van der Waals surface area contributed by atoms with Gasteiger partial charge in [-0.05, 0) is 51.3 Å². The maximum Gasteiger partial charge on any atom is 0.322 e. The van der Waals surface area contributed by atoms with Gasteiger partial charge in [0.15, 0.2) is 0 Å². The van der Waals surface area contributed by atoms with Crippen molar-refractivity contribution in [3.8, 4) is 0 Å². The van der Waals surface area contributed by atoms with Crippen LogP contribution in [-0.4, -0.2) is 47.8 Å². The number of nitrogens with one attached hydrogen (secondary N) is 1.